The maximum atomic E-state index is 13.4. The number of amides is 1. The SMILES string of the molecule is COc1cnc(-n2cnc(C)n2)c2[nH]cc(C(=O)C(=O)N3CCN(c4c[nH]nc4-c4ccccc4)CC3)c12. The van der Waals surface area contributed by atoms with Gasteiger partial charge in [0.2, 0.25) is 0 Å². The number of aromatic amines is 2. The van der Waals surface area contributed by atoms with Crippen molar-refractivity contribution >= 4 is 28.3 Å². The van der Waals surface area contributed by atoms with E-state index < -0.39 is 11.7 Å². The number of hydrogen-bond donors (Lipinski definition) is 2. The first kappa shape index (κ1) is 23.4. The van der Waals surface area contributed by atoms with E-state index in [1.807, 2.05) is 36.5 Å². The van der Waals surface area contributed by atoms with Crippen molar-refractivity contribution in [3.63, 3.8) is 0 Å². The number of benzene rings is 1. The van der Waals surface area contributed by atoms with Gasteiger partial charge < -0.3 is 19.5 Å². The predicted octanol–water partition coefficient (Wildman–Crippen LogP) is 2.38. The molecule has 192 valence electrons. The highest BCUT2D eigenvalue weighted by atomic mass is 16.5. The molecule has 1 aromatic carbocycles. The van der Waals surface area contributed by atoms with Gasteiger partial charge in [-0.15, -0.1) is 0 Å². The van der Waals surface area contributed by atoms with Gasteiger partial charge in [-0.05, 0) is 6.92 Å². The Morgan fingerprint density at radius 3 is 2.53 bits per heavy atom. The Kier molecular flexibility index (Phi) is 5.83. The molecule has 12 nitrogen and oxygen atoms in total. The number of hydrogen-bond acceptors (Lipinski definition) is 8. The quantitative estimate of drug-likeness (QED) is 0.262. The Balaban J connectivity index is 1.22. The number of nitrogens with zero attached hydrogens (tertiary/aromatic N) is 7. The molecule has 5 aromatic rings. The minimum absolute atomic E-state index is 0.228. The normalized spacial score (nSPS) is 13.7. The van der Waals surface area contributed by atoms with Gasteiger partial charge in [0.15, 0.2) is 5.82 Å². The van der Waals surface area contributed by atoms with Crippen LogP contribution in [0.3, 0.4) is 0 Å². The van der Waals surface area contributed by atoms with Crippen LogP contribution >= 0.6 is 0 Å². The lowest BCUT2D eigenvalue weighted by Crippen LogP contribution is -2.50. The summed E-state index contributed by atoms with van der Waals surface area (Å²) in [6, 6.07) is 9.94. The topological polar surface area (TPSA) is 138 Å². The molecule has 0 saturated carbocycles. The van der Waals surface area contributed by atoms with Crippen LogP contribution in [0.5, 0.6) is 5.75 Å². The summed E-state index contributed by atoms with van der Waals surface area (Å²) >= 11 is 0. The number of aryl methyl sites for hydroxylation is 1. The summed E-state index contributed by atoms with van der Waals surface area (Å²) < 4.78 is 7.00. The van der Waals surface area contributed by atoms with Gasteiger partial charge in [0, 0.05) is 44.1 Å². The van der Waals surface area contributed by atoms with Crippen molar-refractivity contribution in [2.75, 3.05) is 38.2 Å². The number of fused-ring (bicyclic) bond motifs is 1. The number of pyridine rings is 1. The van der Waals surface area contributed by atoms with Gasteiger partial charge in [0.1, 0.15) is 23.6 Å². The summed E-state index contributed by atoms with van der Waals surface area (Å²) in [5.74, 6) is 0.257. The number of ether oxygens (including phenoxy) is 1. The highest BCUT2D eigenvalue weighted by Gasteiger charge is 2.31. The second-order valence-corrected chi connectivity index (χ2v) is 8.93. The Hall–Kier alpha value is -5.00. The van der Waals surface area contributed by atoms with Crippen LogP contribution in [0.4, 0.5) is 5.69 Å². The van der Waals surface area contributed by atoms with Gasteiger partial charge in [-0.3, -0.25) is 14.7 Å². The molecule has 38 heavy (non-hydrogen) atoms. The molecule has 0 atom stereocenters. The number of anilines is 1. The molecular weight excluding hydrogens is 486 g/mol. The van der Waals surface area contributed by atoms with Gasteiger partial charge in [0.05, 0.1) is 35.5 Å². The van der Waals surface area contributed by atoms with E-state index in [-0.39, 0.29) is 5.56 Å². The molecule has 0 aliphatic carbocycles. The third kappa shape index (κ3) is 3.95. The number of piperazine rings is 1. The molecule has 1 amide bonds. The second-order valence-electron chi connectivity index (χ2n) is 8.93. The number of aromatic nitrogens is 7. The van der Waals surface area contributed by atoms with Crippen LogP contribution in [0.25, 0.3) is 28.0 Å². The summed E-state index contributed by atoms with van der Waals surface area (Å²) in [7, 11) is 1.50. The molecule has 1 aliphatic heterocycles. The molecule has 1 fully saturated rings. The zero-order chi connectivity index (χ0) is 26.2. The molecule has 6 rings (SSSR count). The number of ketones is 1. The number of Topliss-reactive ketones (excluding diaryl/α,β-unsaturated/α-hetero) is 1. The molecule has 4 aromatic heterocycles. The standard InChI is InChI=1S/C26H25N9O3/c1-16-29-15-35(32-16)25-23-21(20(38-2)14-28-25)18(12-27-23)24(36)26(37)34-10-8-33(9-11-34)19-13-30-31-22(19)17-6-4-3-5-7-17/h3-7,12-15,27H,8-11H2,1-2H3,(H,30,31). The summed E-state index contributed by atoms with van der Waals surface area (Å²) in [6.07, 6.45) is 6.44. The van der Waals surface area contributed by atoms with Crippen molar-refractivity contribution in [3.05, 3.63) is 66.6 Å². The number of carbonyl (C=O) groups excluding carboxylic acids is 2. The largest absolute Gasteiger partial charge is 0.494 e. The van der Waals surface area contributed by atoms with Crippen molar-refractivity contribution in [1.82, 2.24) is 39.8 Å². The number of methoxy groups -OCH3 is 1. The smallest absolute Gasteiger partial charge is 0.295 e. The van der Waals surface area contributed by atoms with Gasteiger partial charge in [-0.25, -0.2) is 14.6 Å². The summed E-state index contributed by atoms with van der Waals surface area (Å²) in [6.45, 7) is 3.75. The number of H-pyrrole nitrogens is 2. The summed E-state index contributed by atoms with van der Waals surface area (Å²) in [5.41, 5.74) is 3.61. The van der Waals surface area contributed by atoms with E-state index in [1.54, 1.807) is 18.2 Å². The monoisotopic (exact) mass is 511 g/mol. The molecular formula is C26H25N9O3. The fourth-order valence-electron chi connectivity index (χ4n) is 4.80. The van der Waals surface area contributed by atoms with Gasteiger partial charge >= 0.3 is 0 Å². The lowest BCUT2D eigenvalue weighted by Gasteiger charge is -2.35. The maximum absolute atomic E-state index is 13.4. The van der Waals surface area contributed by atoms with Crippen molar-refractivity contribution < 1.29 is 14.3 Å². The average molecular weight is 512 g/mol. The Labute approximate surface area is 217 Å². The summed E-state index contributed by atoms with van der Waals surface area (Å²) in [4.78, 5) is 42.2. The zero-order valence-corrected chi connectivity index (χ0v) is 20.9. The third-order valence-electron chi connectivity index (χ3n) is 6.71. The Morgan fingerprint density at radius 1 is 1.03 bits per heavy atom. The van der Waals surface area contributed by atoms with Crippen LogP contribution in [0, 0.1) is 6.92 Å². The minimum Gasteiger partial charge on any atom is -0.494 e. The van der Waals surface area contributed by atoms with E-state index in [0.717, 1.165) is 16.9 Å². The highest BCUT2D eigenvalue weighted by Crippen LogP contribution is 2.32. The van der Waals surface area contributed by atoms with Crippen molar-refractivity contribution in [3.8, 4) is 22.8 Å². The van der Waals surface area contributed by atoms with Crippen molar-refractivity contribution in [2.45, 2.75) is 6.92 Å². The van der Waals surface area contributed by atoms with Crippen LogP contribution in [0.1, 0.15) is 16.2 Å². The Morgan fingerprint density at radius 2 is 1.82 bits per heavy atom. The molecule has 0 spiro atoms. The van der Waals surface area contributed by atoms with E-state index in [0.29, 0.717) is 54.5 Å². The van der Waals surface area contributed by atoms with E-state index in [1.165, 1.54) is 24.2 Å². The minimum atomic E-state index is -0.608. The second kappa shape index (κ2) is 9.47. The van der Waals surface area contributed by atoms with E-state index in [2.05, 4.69) is 35.1 Å². The number of nitrogens with one attached hydrogen (secondary N) is 2. The first-order valence-corrected chi connectivity index (χ1v) is 12.2. The van der Waals surface area contributed by atoms with Crippen LogP contribution in [-0.4, -0.2) is 84.8 Å². The Bertz CT molecular complexity index is 1630. The van der Waals surface area contributed by atoms with Crippen LogP contribution < -0.4 is 9.64 Å². The van der Waals surface area contributed by atoms with Crippen molar-refractivity contribution in [1.29, 1.82) is 0 Å². The molecule has 5 heterocycles. The molecule has 1 saturated heterocycles. The van der Waals surface area contributed by atoms with E-state index in [9.17, 15) is 9.59 Å². The van der Waals surface area contributed by atoms with Crippen LogP contribution in [0.2, 0.25) is 0 Å². The lowest BCUT2D eigenvalue weighted by molar-refractivity contribution is -0.126. The molecule has 0 unspecified atom stereocenters. The first-order chi connectivity index (χ1) is 18.5. The third-order valence-corrected chi connectivity index (χ3v) is 6.71. The fraction of sp³-hybridized carbons (Fsp3) is 0.231. The molecule has 0 radical (unpaired) electrons. The van der Waals surface area contributed by atoms with E-state index >= 15 is 0 Å². The molecule has 2 N–H and O–H groups in total. The zero-order valence-electron chi connectivity index (χ0n) is 20.9. The van der Waals surface area contributed by atoms with Gasteiger partial charge in [0.25, 0.3) is 11.7 Å². The molecule has 1 aliphatic rings. The average Bonchev–Trinajstić information content (AvgIpc) is 3.72. The molecule has 0 bridgehead atoms. The number of rotatable bonds is 6. The van der Waals surface area contributed by atoms with Gasteiger partial charge in [-0.1, -0.05) is 30.3 Å². The number of carbonyl (C=O) groups is 2. The van der Waals surface area contributed by atoms with Gasteiger partial charge in [-0.2, -0.15) is 10.2 Å². The van der Waals surface area contributed by atoms with Crippen LogP contribution in [0.15, 0.2) is 55.2 Å². The summed E-state index contributed by atoms with van der Waals surface area (Å²) in [5, 5.41) is 12.2. The predicted molar refractivity (Wildman–Crippen MR) is 139 cm³/mol. The van der Waals surface area contributed by atoms with E-state index in [4.69, 9.17) is 4.74 Å². The fourth-order valence-corrected chi connectivity index (χ4v) is 4.80. The molecule has 12 heteroatoms. The lowest BCUT2D eigenvalue weighted by atomic mass is 10.1. The van der Waals surface area contributed by atoms with Crippen molar-refractivity contribution in [2.24, 2.45) is 0 Å². The highest BCUT2D eigenvalue weighted by molar-refractivity contribution is 6.45. The van der Waals surface area contributed by atoms with Crippen LogP contribution in [-0.2, 0) is 4.79 Å². The first-order valence-electron chi connectivity index (χ1n) is 12.2. The maximum Gasteiger partial charge on any atom is 0.295 e.